The summed E-state index contributed by atoms with van der Waals surface area (Å²) in [5.41, 5.74) is 0. The van der Waals surface area contributed by atoms with Gasteiger partial charge in [-0.2, -0.15) is 0 Å². The van der Waals surface area contributed by atoms with Crippen molar-refractivity contribution < 1.29 is 14.3 Å². The minimum Gasteiger partial charge on any atom is -0.469 e. The number of methoxy groups -OCH3 is 1. The molecule has 0 aromatic carbocycles. The molecule has 0 saturated heterocycles. The molecule has 0 bridgehead atoms. The predicted molar refractivity (Wildman–Crippen MR) is 76.3 cm³/mol. The normalized spacial score (nSPS) is 11.2. The van der Waals surface area contributed by atoms with E-state index in [1.807, 2.05) is 6.92 Å². The molecule has 0 rings (SSSR count). The van der Waals surface area contributed by atoms with E-state index in [1.54, 1.807) is 7.05 Å². The van der Waals surface area contributed by atoms with Crippen molar-refractivity contribution in [2.45, 2.75) is 32.6 Å². The van der Waals surface area contributed by atoms with Crippen molar-refractivity contribution in [1.82, 2.24) is 10.6 Å². The van der Waals surface area contributed by atoms with E-state index in [1.165, 1.54) is 7.11 Å². The van der Waals surface area contributed by atoms with Crippen LogP contribution in [0.25, 0.3) is 0 Å². The maximum atomic E-state index is 10.9. The molecule has 112 valence electrons. The summed E-state index contributed by atoms with van der Waals surface area (Å²) >= 11 is 0. The number of esters is 1. The van der Waals surface area contributed by atoms with Gasteiger partial charge in [-0.25, -0.2) is 0 Å². The molecule has 0 heterocycles. The number of hydrogen-bond acceptors (Lipinski definition) is 4. The van der Waals surface area contributed by atoms with E-state index in [0.29, 0.717) is 6.42 Å². The van der Waals surface area contributed by atoms with E-state index in [9.17, 15) is 4.79 Å². The second-order valence-corrected chi connectivity index (χ2v) is 4.01. The molecule has 0 fully saturated rings. The van der Waals surface area contributed by atoms with Gasteiger partial charge < -0.3 is 20.1 Å². The highest BCUT2D eigenvalue weighted by atomic mass is 16.5. The number of aliphatic imine (C=N–C) groups is 1. The molecule has 2 N–H and O–H groups in total. The van der Waals surface area contributed by atoms with Gasteiger partial charge in [0.1, 0.15) is 0 Å². The second-order valence-electron chi connectivity index (χ2n) is 4.01. The number of guanidine groups is 1. The summed E-state index contributed by atoms with van der Waals surface area (Å²) in [6.07, 6.45) is 3.16. The van der Waals surface area contributed by atoms with E-state index in [0.717, 1.165) is 51.5 Å². The number of nitrogens with one attached hydrogen (secondary N) is 2. The highest BCUT2D eigenvalue weighted by Gasteiger charge is 2.00. The first kappa shape index (κ1) is 17.7. The van der Waals surface area contributed by atoms with Crippen molar-refractivity contribution in [2.24, 2.45) is 4.99 Å². The molecule has 19 heavy (non-hydrogen) atoms. The van der Waals surface area contributed by atoms with Gasteiger partial charge in [-0.3, -0.25) is 9.79 Å². The Morgan fingerprint density at radius 3 is 2.42 bits per heavy atom. The molecule has 0 aliphatic carbocycles. The van der Waals surface area contributed by atoms with Gasteiger partial charge in [-0.05, 0) is 26.2 Å². The average Bonchev–Trinajstić information content (AvgIpc) is 2.44. The highest BCUT2D eigenvalue weighted by molar-refractivity contribution is 5.79. The first-order valence-corrected chi connectivity index (χ1v) is 6.83. The number of nitrogens with zero attached hydrogens (tertiary/aromatic N) is 1. The lowest BCUT2D eigenvalue weighted by Crippen LogP contribution is -2.38. The van der Waals surface area contributed by atoms with Crippen molar-refractivity contribution in [3.8, 4) is 0 Å². The molecular formula is C13H27N3O3. The topological polar surface area (TPSA) is 72.0 Å². The maximum absolute atomic E-state index is 10.9. The molecule has 0 unspecified atom stereocenters. The van der Waals surface area contributed by atoms with Gasteiger partial charge in [-0.15, -0.1) is 0 Å². The van der Waals surface area contributed by atoms with Gasteiger partial charge >= 0.3 is 5.97 Å². The van der Waals surface area contributed by atoms with Crippen LogP contribution in [-0.4, -0.2) is 52.4 Å². The minimum atomic E-state index is -0.154. The predicted octanol–water partition coefficient (Wildman–Crippen LogP) is 0.921. The van der Waals surface area contributed by atoms with E-state index in [-0.39, 0.29) is 5.97 Å². The van der Waals surface area contributed by atoms with Crippen molar-refractivity contribution in [3.63, 3.8) is 0 Å². The Morgan fingerprint density at radius 2 is 1.84 bits per heavy atom. The van der Waals surface area contributed by atoms with E-state index in [2.05, 4.69) is 20.4 Å². The lowest BCUT2D eigenvalue weighted by atomic mass is 10.2. The van der Waals surface area contributed by atoms with Crippen LogP contribution in [0, 0.1) is 0 Å². The lowest BCUT2D eigenvalue weighted by molar-refractivity contribution is -0.140. The van der Waals surface area contributed by atoms with Crippen LogP contribution in [0.15, 0.2) is 4.99 Å². The summed E-state index contributed by atoms with van der Waals surface area (Å²) < 4.78 is 9.83. The van der Waals surface area contributed by atoms with Crippen LogP contribution in [0.1, 0.15) is 32.6 Å². The molecular weight excluding hydrogens is 246 g/mol. The van der Waals surface area contributed by atoms with Gasteiger partial charge in [0, 0.05) is 39.8 Å². The fraction of sp³-hybridized carbons (Fsp3) is 0.846. The Bertz CT molecular complexity index is 258. The summed E-state index contributed by atoms with van der Waals surface area (Å²) in [5.74, 6) is 0.632. The summed E-state index contributed by atoms with van der Waals surface area (Å²) in [6, 6.07) is 0. The molecule has 6 heteroatoms. The molecule has 0 aromatic rings. The Kier molecular flexibility index (Phi) is 12.2. The van der Waals surface area contributed by atoms with Crippen LogP contribution in [0.3, 0.4) is 0 Å². The zero-order valence-electron chi connectivity index (χ0n) is 12.3. The van der Waals surface area contributed by atoms with Crippen molar-refractivity contribution in [2.75, 3.05) is 40.5 Å². The molecule has 0 aromatic heterocycles. The van der Waals surface area contributed by atoms with Gasteiger partial charge in [0.05, 0.1) is 7.11 Å². The van der Waals surface area contributed by atoms with Crippen molar-refractivity contribution in [1.29, 1.82) is 0 Å². The van der Waals surface area contributed by atoms with Crippen molar-refractivity contribution in [3.05, 3.63) is 0 Å². The van der Waals surface area contributed by atoms with Crippen LogP contribution in [0.5, 0.6) is 0 Å². The van der Waals surface area contributed by atoms with E-state index >= 15 is 0 Å². The number of unbranched alkanes of at least 4 members (excludes halogenated alkanes) is 1. The first-order chi connectivity index (χ1) is 9.24. The second kappa shape index (κ2) is 13.1. The minimum absolute atomic E-state index is 0.154. The Labute approximate surface area is 116 Å². The number of hydrogen-bond donors (Lipinski definition) is 2. The van der Waals surface area contributed by atoms with E-state index < -0.39 is 0 Å². The van der Waals surface area contributed by atoms with Gasteiger partial charge in [0.25, 0.3) is 0 Å². The molecule has 0 aliphatic rings. The summed E-state index contributed by atoms with van der Waals surface area (Å²) in [7, 11) is 3.15. The molecule has 0 saturated carbocycles. The fourth-order valence-corrected chi connectivity index (χ4v) is 1.45. The zero-order chi connectivity index (χ0) is 14.3. The first-order valence-electron chi connectivity index (χ1n) is 6.83. The zero-order valence-corrected chi connectivity index (χ0v) is 12.3. The van der Waals surface area contributed by atoms with Crippen molar-refractivity contribution >= 4 is 11.9 Å². The van der Waals surface area contributed by atoms with Gasteiger partial charge in [0.2, 0.25) is 0 Å². The third-order valence-electron chi connectivity index (χ3n) is 2.51. The number of rotatable bonds is 10. The third-order valence-corrected chi connectivity index (χ3v) is 2.51. The molecule has 0 radical (unpaired) electrons. The van der Waals surface area contributed by atoms with Crippen LogP contribution < -0.4 is 10.6 Å². The lowest BCUT2D eigenvalue weighted by Gasteiger charge is -2.11. The summed E-state index contributed by atoms with van der Waals surface area (Å²) in [4.78, 5) is 15.0. The quantitative estimate of drug-likeness (QED) is 0.268. The van der Waals surface area contributed by atoms with Crippen LogP contribution in [0.2, 0.25) is 0 Å². The number of ether oxygens (including phenoxy) is 2. The van der Waals surface area contributed by atoms with Crippen LogP contribution in [-0.2, 0) is 14.3 Å². The largest absolute Gasteiger partial charge is 0.469 e. The molecule has 0 amide bonds. The number of carbonyl (C=O) groups excluding carboxylic acids is 1. The standard InChI is InChI=1S/C13H27N3O3/c1-4-19-11-7-10-16-13(14-2)15-9-6-5-8-12(17)18-3/h4-11H2,1-3H3,(H2,14,15,16). The third kappa shape index (κ3) is 11.5. The van der Waals surface area contributed by atoms with Crippen LogP contribution >= 0.6 is 0 Å². The molecule has 6 nitrogen and oxygen atoms in total. The Morgan fingerprint density at radius 1 is 1.16 bits per heavy atom. The van der Waals surface area contributed by atoms with Gasteiger partial charge in [-0.1, -0.05) is 0 Å². The average molecular weight is 273 g/mol. The highest BCUT2D eigenvalue weighted by Crippen LogP contribution is 1.95. The summed E-state index contributed by atoms with van der Waals surface area (Å²) in [6.45, 7) is 5.14. The monoisotopic (exact) mass is 273 g/mol. The SMILES string of the molecule is CCOCCCNC(=NC)NCCCCC(=O)OC. The Hall–Kier alpha value is -1.30. The maximum Gasteiger partial charge on any atom is 0.305 e. The molecule has 0 aliphatic heterocycles. The number of carbonyl (C=O) groups is 1. The van der Waals surface area contributed by atoms with Gasteiger partial charge in [0.15, 0.2) is 5.96 Å². The molecule has 0 spiro atoms. The van der Waals surface area contributed by atoms with E-state index in [4.69, 9.17) is 4.74 Å². The summed E-state index contributed by atoms with van der Waals surface area (Å²) in [5, 5.41) is 6.40. The fourth-order valence-electron chi connectivity index (χ4n) is 1.45. The smallest absolute Gasteiger partial charge is 0.305 e. The van der Waals surface area contributed by atoms with Crippen LogP contribution in [0.4, 0.5) is 0 Å². The molecule has 0 atom stereocenters. The Balaban J connectivity index is 3.47.